The molecule has 1 unspecified atom stereocenters. The Balaban J connectivity index is 1.40. The smallest absolute Gasteiger partial charge is 0.349 e. The number of benzene rings is 2. The number of carbonyl (C=O) groups excluding carboxylic acids is 2. The predicted octanol–water partition coefficient (Wildman–Crippen LogP) is 3.91. The van der Waals surface area contributed by atoms with Crippen LogP contribution >= 0.6 is 11.3 Å². The molecule has 0 spiro atoms. The first-order chi connectivity index (χ1) is 15.4. The molecule has 0 bridgehead atoms. The second kappa shape index (κ2) is 7.61. The first kappa shape index (κ1) is 20.0. The highest BCUT2D eigenvalue weighted by Crippen LogP contribution is 2.37. The third-order valence-electron chi connectivity index (χ3n) is 5.21. The van der Waals surface area contributed by atoms with Gasteiger partial charge in [-0.05, 0) is 37.3 Å². The Kier molecular flexibility index (Phi) is 4.75. The van der Waals surface area contributed by atoms with Gasteiger partial charge in [0.05, 0.1) is 11.4 Å². The number of thiazole rings is 1. The Bertz CT molecular complexity index is 1440. The van der Waals surface area contributed by atoms with Gasteiger partial charge in [0.2, 0.25) is 0 Å². The number of nitrogens with one attached hydrogen (secondary N) is 1. The second-order valence-corrected chi connectivity index (χ2v) is 8.18. The molecule has 0 fully saturated rings. The standard InChI is InChI=1S/C23H17N3O5S/c1-12-21(28)26(2)17-10-13(7-8-19(17)30-12)16-11-32-23(24-16)25-20(27)15-9-14-5-3-4-6-18(14)31-22(15)29/h3-12H,1-2H3,(H,24,25,27). The molecule has 2 amide bonds. The molecule has 0 aliphatic carbocycles. The molecule has 1 aliphatic rings. The van der Waals surface area contributed by atoms with Crippen LogP contribution in [0.4, 0.5) is 10.8 Å². The number of anilines is 2. The average molecular weight is 447 g/mol. The topological polar surface area (TPSA) is 102 Å². The minimum Gasteiger partial charge on any atom is -0.479 e. The molecule has 0 saturated carbocycles. The summed E-state index contributed by atoms with van der Waals surface area (Å²) >= 11 is 1.23. The van der Waals surface area contributed by atoms with Gasteiger partial charge in [0.25, 0.3) is 11.8 Å². The molecule has 1 N–H and O–H groups in total. The van der Waals surface area contributed by atoms with E-state index in [1.807, 2.05) is 12.1 Å². The highest BCUT2D eigenvalue weighted by molar-refractivity contribution is 7.14. The van der Waals surface area contributed by atoms with Gasteiger partial charge in [0, 0.05) is 23.4 Å². The van der Waals surface area contributed by atoms with Crippen LogP contribution < -0.4 is 20.6 Å². The van der Waals surface area contributed by atoms with Crippen LogP contribution in [0.5, 0.6) is 5.75 Å². The zero-order valence-corrected chi connectivity index (χ0v) is 17.9. The number of rotatable bonds is 3. The molecule has 1 aliphatic heterocycles. The molecule has 2 aromatic heterocycles. The van der Waals surface area contributed by atoms with Crippen molar-refractivity contribution < 1.29 is 18.7 Å². The molecule has 0 radical (unpaired) electrons. The van der Waals surface area contributed by atoms with Gasteiger partial charge in [0.15, 0.2) is 11.2 Å². The van der Waals surface area contributed by atoms with Crippen LogP contribution in [0.25, 0.3) is 22.2 Å². The molecule has 0 saturated heterocycles. The number of carbonyl (C=O) groups is 2. The Morgan fingerprint density at radius 2 is 1.97 bits per heavy atom. The molecular formula is C23H17N3O5S. The van der Waals surface area contributed by atoms with Crippen LogP contribution in [-0.4, -0.2) is 29.9 Å². The van der Waals surface area contributed by atoms with Gasteiger partial charge in [-0.2, -0.15) is 0 Å². The summed E-state index contributed by atoms with van der Waals surface area (Å²) < 4.78 is 10.9. The third-order valence-corrected chi connectivity index (χ3v) is 5.97. The molecule has 8 nitrogen and oxygen atoms in total. The fraction of sp³-hybridized carbons (Fsp3) is 0.130. The fourth-order valence-electron chi connectivity index (χ4n) is 3.52. The maximum absolute atomic E-state index is 12.7. The predicted molar refractivity (Wildman–Crippen MR) is 121 cm³/mol. The number of aromatic nitrogens is 1. The van der Waals surface area contributed by atoms with Crippen LogP contribution in [0.1, 0.15) is 17.3 Å². The van der Waals surface area contributed by atoms with Crippen molar-refractivity contribution in [3.05, 3.63) is 69.9 Å². The van der Waals surface area contributed by atoms with Gasteiger partial charge in [-0.15, -0.1) is 11.3 Å². The SMILES string of the molecule is CC1Oc2ccc(-c3csc(NC(=O)c4cc5ccccc5oc4=O)n3)cc2N(C)C1=O. The van der Waals surface area contributed by atoms with Gasteiger partial charge in [0.1, 0.15) is 16.9 Å². The summed E-state index contributed by atoms with van der Waals surface area (Å²) in [5.74, 6) is -0.103. The van der Waals surface area contributed by atoms with Crippen LogP contribution in [0.15, 0.2) is 63.1 Å². The number of ether oxygens (including phenoxy) is 1. The fourth-order valence-corrected chi connectivity index (χ4v) is 4.23. The van der Waals surface area contributed by atoms with E-state index in [0.29, 0.717) is 33.2 Å². The monoisotopic (exact) mass is 447 g/mol. The summed E-state index contributed by atoms with van der Waals surface area (Å²) in [5, 5.41) is 5.43. The number of amides is 2. The van der Waals surface area contributed by atoms with E-state index in [1.54, 1.807) is 54.6 Å². The zero-order valence-electron chi connectivity index (χ0n) is 17.1. The van der Waals surface area contributed by atoms with E-state index in [9.17, 15) is 14.4 Å². The van der Waals surface area contributed by atoms with Gasteiger partial charge in [-0.1, -0.05) is 18.2 Å². The van der Waals surface area contributed by atoms with Crippen molar-refractivity contribution >= 4 is 44.9 Å². The van der Waals surface area contributed by atoms with E-state index >= 15 is 0 Å². The Hall–Kier alpha value is -3.98. The van der Waals surface area contributed by atoms with Crippen molar-refractivity contribution in [2.45, 2.75) is 13.0 Å². The van der Waals surface area contributed by atoms with E-state index in [-0.39, 0.29) is 11.5 Å². The quantitative estimate of drug-likeness (QED) is 0.478. The van der Waals surface area contributed by atoms with Gasteiger partial charge >= 0.3 is 5.63 Å². The first-order valence-corrected chi connectivity index (χ1v) is 10.7. The number of fused-ring (bicyclic) bond motifs is 2. The summed E-state index contributed by atoms with van der Waals surface area (Å²) in [6.07, 6.45) is -0.535. The number of para-hydroxylation sites is 1. The molecule has 1 atom stereocenters. The lowest BCUT2D eigenvalue weighted by Crippen LogP contribution is -2.41. The molecule has 2 aromatic carbocycles. The average Bonchev–Trinajstić information content (AvgIpc) is 3.25. The molecule has 5 rings (SSSR count). The van der Waals surface area contributed by atoms with E-state index in [4.69, 9.17) is 9.15 Å². The molecular weight excluding hydrogens is 430 g/mol. The Morgan fingerprint density at radius 3 is 2.81 bits per heavy atom. The second-order valence-electron chi connectivity index (χ2n) is 7.32. The molecule has 4 aromatic rings. The van der Waals surface area contributed by atoms with Crippen LogP contribution in [-0.2, 0) is 4.79 Å². The summed E-state index contributed by atoms with van der Waals surface area (Å²) in [7, 11) is 1.70. The van der Waals surface area contributed by atoms with E-state index < -0.39 is 17.6 Å². The van der Waals surface area contributed by atoms with E-state index in [1.165, 1.54) is 17.4 Å². The lowest BCUT2D eigenvalue weighted by molar-refractivity contribution is -0.125. The number of nitrogens with zero attached hydrogens (tertiary/aromatic N) is 2. The lowest BCUT2D eigenvalue weighted by Gasteiger charge is -2.30. The Labute approximate surface area is 186 Å². The largest absolute Gasteiger partial charge is 0.479 e. The molecule has 160 valence electrons. The van der Waals surface area contributed by atoms with Crippen molar-refractivity contribution in [1.82, 2.24) is 4.98 Å². The molecule has 32 heavy (non-hydrogen) atoms. The summed E-state index contributed by atoms with van der Waals surface area (Å²) in [4.78, 5) is 43.1. The highest BCUT2D eigenvalue weighted by Gasteiger charge is 2.29. The Morgan fingerprint density at radius 1 is 1.16 bits per heavy atom. The lowest BCUT2D eigenvalue weighted by atomic mass is 10.1. The molecule has 9 heteroatoms. The van der Waals surface area contributed by atoms with Crippen molar-refractivity contribution in [3.8, 4) is 17.0 Å². The van der Waals surface area contributed by atoms with Crippen molar-refractivity contribution in [2.75, 3.05) is 17.3 Å². The van der Waals surface area contributed by atoms with Crippen molar-refractivity contribution in [3.63, 3.8) is 0 Å². The van der Waals surface area contributed by atoms with Crippen LogP contribution in [0, 0.1) is 0 Å². The van der Waals surface area contributed by atoms with Crippen LogP contribution in [0.3, 0.4) is 0 Å². The molecule has 3 heterocycles. The zero-order chi connectivity index (χ0) is 22.4. The number of likely N-dealkylation sites (N-methyl/N-ethyl adjacent to an activating group) is 1. The number of hydrogen-bond donors (Lipinski definition) is 1. The number of hydrogen-bond acceptors (Lipinski definition) is 7. The van der Waals surface area contributed by atoms with Gasteiger partial charge in [-0.3, -0.25) is 14.9 Å². The maximum atomic E-state index is 12.7. The first-order valence-electron chi connectivity index (χ1n) is 9.79. The van der Waals surface area contributed by atoms with Crippen molar-refractivity contribution in [2.24, 2.45) is 0 Å². The van der Waals surface area contributed by atoms with Crippen molar-refractivity contribution in [1.29, 1.82) is 0 Å². The van der Waals surface area contributed by atoms with E-state index in [0.717, 1.165) is 5.56 Å². The minimum atomic E-state index is -0.713. The third kappa shape index (κ3) is 3.42. The summed E-state index contributed by atoms with van der Waals surface area (Å²) in [6.45, 7) is 1.71. The van der Waals surface area contributed by atoms with Crippen LogP contribution in [0.2, 0.25) is 0 Å². The van der Waals surface area contributed by atoms with Gasteiger partial charge < -0.3 is 14.1 Å². The van der Waals surface area contributed by atoms with Gasteiger partial charge in [-0.25, -0.2) is 9.78 Å². The highest BCUT2D eigenvalue weighted by atomic mass is 32.1. The summed E-state index contributed by atoms with van der Waals surface area (Å²) in [5.41, 5.74) is 1.65. The van der Waals surface area contributed by atoms with E-state index in [2.05, 4.69) is 10.3 Å². The minimum absolute atomic E-state index is 0.0966. The maximum Gasteiger partial charge on any atom is 0.349 e. The summed E-state index contributed by atoms with van der Waals surface area (Å²) in [6, 6.07) is 13.9. The normalized spacial score (nSPS) is 15.4.